The monoisotopic (exact) mass is 278 g/mol. The van der Waals surface area contributed by atoms with Gasteiger partial charge in [0, 0.05) is 6.42 Å². The molecule has 0 unspecified atom stereocenters. The maximum atomic E-state index is 12.1. The van der Waals surface area contributed by atoms with Crippen molar-refractivity contribution in [3.63, 3.8) is 0 Å². The van der Waals surface area contributed by atoms with Crippen LogP contribution >= 0.6 is 11.8 Å². The van der Waals surface area contributed by atoms with Crippen LogP contribution in [-0.2, 0) is 4.79 Å². The largest absolute Gasteiger partial charge is 0.397 e. The van der Waals surface area contributed by atoms with Gasteiger partial charge in [-0.1, -0.05) is 6.07 Å². The molecule has 2 rings (SSSR count). The van der Waals surface area contributed by atoms with Crippen molar-refractivity contribution < 1.29 is 4.79 Å². The summed E-state index contributed by atoms with van der Waals surface area (Å²) in [5.41, 5.74) is 9.60. The van der Waals surface area contributed by atoms with Crippen LogP contribution in [0.15, 0.2) is 12.1 Å². The Balaban J connectivity index is 2.00. The zero-order valence-corrected chi connectivity index (χ0v) is 12.5. The van der Waals surface area contributed by atoms with Crippen LogP contribution in [0, 0.1) is 19.8 Å². The molecule has 1 aliphatic rings. The molecule has 3 nitrogen and oxygen atoms in total. The fourth-order valence-electron chi connectivity index (χ4n) is 2.41. The fourth-order valence-corrected chi connectivity index (χ4v) is 3.61. The second-order valence-electron chi connectivity index (χ2n) is 5.28. The summed E-state index contributed by atoms with van der Waals surface area (Å²) >= 11 is 1.98. The Bertz CT molecular complexity index is 467. The van der Waals surface area contributed by atoms with Crippen LogP contribution in [0.4, 0.5) is 11.4 Å². The molecule has 1 amide bonds. The third-order valence-electron chi connectivity index (χ3n) is 3.85. The van der Waals surface area contributed by atoms with Gasteiger partial charge in [-0.15, -0.1) is 0 Å². The number of thioether (sulfide) groups is 1. The predicted molar refractivity (Wildman–Crippen MR) is 83.6 cm³/mol. The second kappa shape index (κ2) is 6.33. The van der Waals surface area contributed by atoms with Gasteiger partial charge in [0.25, 0.3) is 0 Å². The normalized spacial score (nSPS) is 16.3. The quantitative estimate of drug-likeness (QED) is 0.834. The molecule has 4 heteroatoms. The van der Waals surface area contributed by atoms with Crippen LogP contribution in [0.1, 0.15) is 30.4 Å². The lowest BCUT2D eigenvalue weighted by Gasteiger charge is -2.21. The smallest absolute Gasteiger partial charge is 0.224 e. The summed E-state index contributed by atoms with van der Waals surface area (Å²) in [5, 5.41) is 3.00. The highest BCUT2D eigenvalue weighted by Crippen LogP contribution is 2.28. The van der Waals surface area contributed by atoms with E-state index in [9.17, 15) is 4.79 Å². The molecule has 104 valence electrons. The summed E-state index contributed by atoms with van der Waals surface area (Å²) in [5.74, 6) is 3.00. The van der Waals surface area contributed by atoms with Crippen LogP contribution in [0.5, 0.6) is 0 Å². The van der Waals surface area contributed by atoms with Crippen molar-refractivity contribution in [2.45, 2.75) is 33.1 Å². The Kier molecular flexibility index (Phi) is 4.75. The number of anilines is 2. The minimum absolute atomic E-state index is 0.0947. The van der Waals surface area contributed by atoms with E-state index >= 15 is 0 Å². The number of carbonyl (C=O) groups is 1. The first kappa shape index (κ1) is 14.3. The highest BCUT2D eigenvalue weighted by molar-refractivity contribution is 7.99. The van der Waals surface area contributed by atoms with Crippen molar-refractivity contribution >= 4 is 29.0 Å². The van der Waals surface area contributed by atoms with E-state index in [0.717, 1.165) is 29.7 Å². The number of nitrogen functional groups attached to an aromatic ring is 1. The Labute approximate surface area is 119 Å². The molecular formula is C15H22N2OS. The zero-order valence-electron chi connectivity index (χ0n) is 11.7. The number of rotatable bonds is 3. The molecule has 0 saturated carbocycles. The van der Waals surface area contributed by atoms with Crippen LogP contribution < -0.4 is 11.1 Å². The first-order valence-electron chi connectivity index (χ1n) is 6.81. The second-order valence-corrected chi connectivity index (χ2v) is 6.50. The molecule has 1 aliphatic heterocycles. The number of carbonyl (C=O) groups excluding carboxylic acids is 1. The third-order valence-corrected chi connectivity index (χ3v) is 4.90. The Morgan fingerprint density at radius 3 is 2.74 bits per heavy atom. The van der Waals surface area contributed by atoms with Crippen molar-refractivity contribution in [3.05, 3.63) is 23.3 Å². The molecule has 0 spiro atoms. The summed E-state index contributed by atoms with van der Waals surface area (Å²) in [6, 6.07) is 3.84. The summed E-state index contributed by atoms with van der Waals surface area (Å²) in [6.45, 7) is 4.03. The lowest BCUT2D eigenvalue weighted by Crippen LogP contribution is -2.20. The average Bonchev–Trinajstić information content (AvgIpc) is 2.40. The van der Waals surface area contributed by atoms with Crippen molar-refractivity contribution in [2.24, 2.45) is 5.92 Å². The van der Waals surface area contributed by atoms with Crippen molar-refractivity contribution in [1.29, 1.82) is 0 Å². The summed E-state index contributed by atoms with van der Waals surface area (Å²) in [6.07, 6.45) is 2.92. The van der Waals surface area contributed by atoms with Gasteiger partial charge in [-0.05, 0) is 61.3 Å². The molecule has 3 N–H and O–H groups in total. The molecule has 1 heterocycles. The van der Waals surface area contributed by atoms with Gasteiger partial charge in [-0.2, -0.15) is 11.8 Å². The average molecular weight is 278 g/mol. The first-order chi connectivity index (χ1) is 9.08. The van der Waals surface area contributed by atoms with E-state index < -0.39 is 0 Å². The van der Waals surface area contributed by atoms with Gasteiger partial charge in [0.05, 0.1) is 11.4 Å². The maximum absolute atomic E-state index is 12.1. The van der Waals surface area contributed by atoms with E-state index in [1.165, 1.54) is 11.5 Å². The van der Waals surface area contributed by atoms with Gasteiger partial charge in [0.1, 0.15) is 0 Å². The molecule has 0 atom stereocenters. The minimum Gasteiger partial charge on any atom is -0.397 e. The number of hydrogen-bond acceptors (Lipinski definition) is 3. The highest BCUT2D eigenvalue weighted by atomic mass is 32.2. The number of amides is 1. The van der Waals surface area contributed by atoms with Gasteiger partial charge in [-0.25, -0.2) is 0 Å². The van der Waals surface area contributed by atoms with Crippen LogP contribution in [0.25, 0.3) is 0 Å². The molecule has 1 aromatic rings. The van der Waals surface area contributed by atoms with Crippen LogP contribution in [0.2, 0.25) is 0 Å². The SMILES string of the molecule is Cc1ccc(N)c(NC(=O)CC2CCSCC2)c1C. The van der Waals surface area contributed by atoms with Crippen molar-refractivity contribution in [3.8, 4) is 0 Å². The molecule has 19 heavy (non-hydrogen) atoms. The predicted octanol–water partition coefficient (Wildman–Crippen LogP) is 3.36. The Morgan fingerprint density at radius 2 is 2.05 bits per heavy atom. The molecule has 0 bridgehead atoms. The lowest BCUT2D eigenvalue weighted by molar-refractivity contribution is -0.117. The number of benzene rings is 1. The Morgan fingerprint density at radius 1 is 1.37 bits per heavy atom. The summed E-state index contributed by atoms with van der Waals surface area (Å²) < 4.78 is 0. The van der Waals surface area contributed by atoms with Gasteiger partial charge in [0.2, 0.25) is 5.91 Å². The van der Waals surface area contributed by atoms with E-state index in [-0.39, 0.29) is 5.91 Å². The van der Waals surface area contributed by atoms with Gasteiger partial charge in [0.15, 0.2) is 0 Å². The third kappa shape index (κ3) is 3.66. The van der Waals surface area contributed by atoms with Crippen molar-refractivity contribution in [2.75, 3.05) is 22.6 Å². The van der Waals surface area contributed by atoms with E-state index in [1.807, 2.05) is 37.7 Å². The summed E-state index contributed by atoms with van der Waals surface area (Å²) in [7, 11) is 0. The minimum atomic E-state index is 0.0947. The maximum Gasteiger partial charge on any atom is 0.224 e. The van der Waals surface area contributed by atoms with Crippen LogP contribution in [0.3, 0.4) is 0 Å². The fraction of sp³-hybridized carbons (Fsp3) is 0.533. The molecular weight excluding hydrogens is 256 g/mol. The van der Waals surface area contributed by atoms with Gasteiger partial charge >= 0.3 is 0 Å². The molecule has 0 aromatic heterocycles. The van der Waals surface area contributed by atoms with Gasteiger partial charge < -0.3 is 11.1 Å². The molecule has 0 radical (unpaired) electrons. The molecule has 0 aliphatic carbocycles. The lowest BCUT2D eigenvalue weighted by atomic mass is 9.98. The van der Waals surface area contributed by atoms with Crippen molar-refractivity contribution in [1.82, 2.24) is 0 Å². The number of aryl methyl sites for hydroxylation is 1. The number of hydrogen-bond donors (Lipinski definition) is 2. The van der Waals surface area contributed by atoms with E-state index in [2.05, 4.69) is 5.32 Å². The summed E-state index contributed by atoms with van der Waals surface area (Å²) in [4.78, 5) is 12.1. The van der Waals surface area contributed by atoms with Gasteiger partial charge in [-0.3, -0.25) is 4.79 Å². The van der Waals surface area contributed by atoms with E-state index in [4.69, 9.17) is 5.73 Å². The molecule has 1 fully saturated rings. The standard InChI is InChI=1S/C15H22N2OS/c1-10-3-4-13(16)15(11(10)2)17-14(18)9-12-5-7-19-8-6-12/h3-4,12H,5-9,16H2,1-2H3,(H,17,18). The van der Waals surface area contributed by atoms with E-state index in [0.29, 0.717) is 18.0 Å². The molecule has 1 aromatic carbocycles. The first-order valence-corrected chi connectivity index (χ1v) is 7.96. The Hall–Kier alpha value is -1.16. The number of nitrogens with one attached hydrogen (secondary N) is 1. The topological polar surface area (TPSA) is 55.1 Å². The molecule has 1 saturated heterocycles. The highest BCUT2D eigenvalue weighted by Gasteiger charge is 2.18. The number of nitrogens with two attached hydrogens (primary N) is 1. The van der Waals surface area contributed by atoms with E-state index in [1.54, 1.807) is 0 Å². The zero-order chi connectivity index (χ0) is 13.8. The van der Waals surface area contributed by atoms with Crippen LogP contribution in [-0.4, -0.2) is 17.4 Å².